The van der Waals surface area contributed by atoms with Crippen LogP contribution in [-0.4, -0.2) is 34.0 Å². The fourth-order valence-corrected chi connectivity index (χ4v) is 3.61. The SMILES string of the molecule is COc1c(Cl)nc(-c2nc(C)cs2)nc1NC1CCC(F)(F)CC1. The van der Waals surface area contributed by atoms with Crippen LogP contribution in [0.2, 0.25) is 5.15 Å². The normalized spacial score (nSPS) is 17.7. The van der Waals surface area contributed by atoms with E-state index < -0.39 is 5.92 Å². The molecule has 2 aromatic heterocycles. The molecule has 0 amide bonds. The number of hydrogen-bond donors (Lipinski definition) is 1. The zero-order valence-electron chi connectivity index (χ0n) is 13.3. The van der Waals surface area contributed by atoms with Crippen LogP contribution in [0.1, 0.15) is 31.4 Å². The van der Waals surface area contributed by atoms with Gasteiger partial charge in [-0.25, -0.2) is 23.7 Å². The standard InChI is InChI=1S/C15H17ClF2N4OS/c1-8-7-24-14(19-8)13-21-11(16)10(23-2)12(22-13)20-9-3-5-15(17,18)6-4-9/h7,9H,3-6H2,1-2H3,(H,20,21,22). The smallest absolute Gasteiger partial charge is 0.248 e. The van der Waals surface area contributed by atoms with Crippen LogP contribution in [0.15, 0.2) is 5.38 Å². The lowest BCUT2D eigenvalue weighted by molar-refractivity contribution is -0.0361. The summed E-state index contributed by atoms with van der Waals surface area (Å²) in [6.07, 6.45) is 0.460. The molecule has 1 aliphatic carbocycles. The van der Waals surface area contributed by atoms with Crippen molar-refractivity contribution in [3.8, 4) is 16.6 Å². The number of aromatic nitrogens is 3. The minimum absolute atomic E-state index is 0.102. The Hall–Kier alpha value is -1.54. The summed E-state index contributed by atoms with van der Waals surface area (Å²) in [5.41, 5.74) is 0.870. The van der Waals surface area contributed by atoms with Gasteiger partial charge in [-0.15, -0.1) is 11.3 Å². The van der Waals surface area contributed by atoms with Crippen molar-refractivity contribution >= 4 is 28.8 Å². The highest BCUT2D eigenvalue weighted by molar-refractivity contribution is 7.13. The van der Waals surface area contributed by atoms with Crippen LogP contribution in [0.4, 0.5) is 14.6 Å². The number of ether oxygens (including phenoxy) is 1. The minimum Gasteiger partial charge on any atom is -0.490 e. The molecule has 24 heavy (non-hydrogen) atoms. The number of rotatable bonds is 4. The quantitative estimate of drug-likeness (QED) is 0.795. The van der Waals surface area contributed by atoms with E-state index in [1.54, 1.807) is 0 Å². The van der Waals surface area contributed by atoms with Crippen molar-refractivity contribution in [2.75, 3.05) is 12.4 Å². The van der Waals surface area contributed by atoms with Gasteiger partial charge in [0.2, 0.25) is 5.92 Å². The summed E-state index contributed by atoms with van der Waals surface area (Å²) >= 11 is 7.61. The van der Waals surface area contributed by atoms with Gasteiger partial charge in [-0.05, 0) is 19.8 Å². The van der Waals surface area contributed by atoms with E-state index in [-0.39, 0.29) is 24.0 Å². The average molecular weight is 375 g/mol. The van der Waals surface area contributed by atoms with Crippen molar-refractivity contribution in [3.05, 3.63) is 16.2 Å². The Morgan fingerprint density at radius 1 is 1.29 bits per heavy atom. The van der Waals surface area contributed by atoms with Gasteiger partial charge in [0.05, 0.1) is 7.11 Å². The van der Waals surface area contributed by atoms with Gasteiger partial charge in [0.1, 0.15) is 0 Å². The molecule has 0 bridgehead atoms. The number of nitrogens with one attached hydrogen (secondary N) is 1. The lowest BCUT2D eigenvalue weighted by Gasteiger charge is -2.29. The third kappa shape index (κ3) is 3.75. The molecule has 9 heteroatoms. The van der Waals surface area contributed by atoms with Crippen molar-refractivity contribution < 1.29 is 13.5 Å². The number of aryl methyl sites for hydroxylation is 1. The molecular formula is C15H17ClF2N4OS. The largest absolute Gasteiger partial charge is 0.490 e. The molecule has 1 saturated carbocycles. The fourth-order valence-electron chi connectivity index (χ4n) is 2.63. The van der Waals surface area contributed by atoms with Gasteiger partial charge in [0, 0.05) is 30.0 Å². The lowest BCUT2D eigenvalue weighted by atomic mass is 9.92. The summed E-state index contributed by atoms with van der Waals surface area (Å²) < 4.78 is 31.9. The Labute approximate surface area is 147 Å². The highest BCUT2D eigenvalue weighted by Gasteiger charge is 2.35. The second kappa shape index (κ2) is 6.76. The molecule has 1 N–H and O–H groups in total. The maximum Gasteiger partial charge on any atom is 0.248 e. The first-order valence-electron chi connectivity index (χ1n) is 7.56. The third-order valence-electron chi connectivity index (χ3n) is 3.90. The van der Waals surface area contributed by atoms with Crippen LogP contribution in [0.5, 0.6) is 5.75 Å². The summed E-state index contributed by atoms with van der Waals surface area (Å²) in [7, 11) is 1.47. The zero-order chi connectivity index (χ0) is 17.3. The van der Waals surface area contributed by atoms with Crippen LogP contribution in [-0.2, 0) is 0 Å². The maximum atomic E-state index is 13.3. The Balaban J connectivity index is 1.87. The lowest BCUT2D eigenvalue weighted by Crippen LogP contribution is -2.32. The average Bonchev–Trinajstić information content (AvgIpc) is 2.96. The predicted octanol–water partition coefficient (Wildman–Crippen LogP) is 4.56. The van der Waals surface area contributed by atoms with Crippen LogP contribution >= 0.6 is 22.9 Å². The number of methoxy groups -OCH3 is 1. The van der Waals surface area contributed by atoms with Gasteiger partial charge in [-0.1, -0.05) is 11.6 Å². The molecule has 1 aliphatic rings. The molecule has 0 saturated heterocycles. The van der Waals surface area contributed by atoms with Gasteiger partial charge in [0.25, 0.3) is 0 Å². The number of thiazole rings is 1. The van der Waals surface area contributed by atoms with Crippen molar-refractivity contribution in [1.29, 1.82) is 0 Å². The molecular weight excluding hydrogens is 358 g/mol. The van der Waals surface area contributed by atoms with Gasteiger partial charge in [-0.2, -0.15) is 0 Å². The van der Waals surface area contributed by atoms with Crippen LogP contribution < -0.4 is 10.1 Å². The molecule has 0 atom stereocenters. The van der Waals surface area contributed by atoms with Crippen molar-refractivity contribution in [1.82, 2.24) is 15.0 Å². The molecule has 2 heterocycles. The molecule has 0 radical (unpaired) electrons. The summed E-state index contributed by atoms with van der Waals surface area (Å²) in [6, 6.07) is -0.102. The van der Waals surface area contributed by atoms with E-state index in [2.05, 4.69) is 20.3 Å². The minimum atomic E-state index is -2.57. The van der Waals surface area contributed by atoms with Gasteiger partial charge in [0.15, 0.2) is 27.6 Å². The second-order valence-electron chi connectivity index (χ2n) is 5.79. The van der Waals surface area contributed by atoms with Crippen LogP contribution in [0, 0.1) is 6.92 Å². The number of hydrogen-bond acceptors (Lipinski definition) is 6. The number of nitrogens with zero attached hydrogens (tertiary/aromatic N) is 3. The summed E-state index contributed by atoms with van der Waals surface area (Å²) in [5, 5.41) is 5.89. The maximum absolute atomic E-state index is 13.3. The molecule has 0 aromatic carbocycles. The van der Waals surface area contributed by atoms with Gasteiger partial charge >= 0.3 is 0 Å². The molecule has 1 fully saturated rings. The van der Waals surface area contributed by atoms with Crippen molar-refractivity contribution in [2.45, 2.75) is 44.6 Å². The van der Waals surface area contributed by atoms with Gasteiger partial charge < -0.3 is 10.1 Å². The van der Waals surface area contributed by atoms with E-state index in [4.69, 9.17) is 16.3 Å². The van der Waals surface area contributed by atoms with Crippen molar-refractivity contribution in [3.63, 3.8) is 0 Å². The number of halogens is 3. The predicted molar refractivity (Wildman–Crippen MR) is 90.3 cm³/mol. The summed E-state index contributed by atoms with van der Waals surface area (Å²) in [5.74, 6) is -1.46. The first-order chi connectivity index (χ1) is 11.4. The third-order valence-corrected chi connectivity index (χ3v) is 5.11. The first-order valence-corrected chi connectivity index (χ1v) is 8.82. The Morgan fingerprint density at radius 3 is 2.58 bits per heavy atom. The summed E-state index contributed by atoms with van der Waals surface area (Å²) in [6.45, 7) is 1.88. The molecule has 130 valence electrons. The Kier molecular flexibility index (Phi) is 4.87. The van der Waals surface area contributed by atoms with Crippen LogP contribution in [0.3, 0.4) is 0 Å². The molecule has 0 spiro atoms. The molecule has 5 nitrogen and oxygen atoms in total. The Morgan fingerprint density at radius 2 is 2.00 bits per heavy atom. The van der Waals surface area contributed by atoms with E-state index in [0.717, 1.165) is 5.69 Å². The fraction of sp³-hybridized carbons (Fsp3) is 0.533. The van der Waals surface area contributed by atoms with E-state index in [0.29, 0.717) is 35.2 Å². The molecule has 0 aliphatic heterocycles. The topological polar surface area (TPSA) is 59.9 Å². The molecule has 0 unspecified atom stereocenters. The van der Waals surface area contributed by atoms with E-state index in [1.165, 1.54) is 18.4 Å². The molecule has 2 aromatic rings. The highest BCUT2D eigenvalue weighted by atomic mass is 35.5. The van der Waals surface area contributed by atoms with Gasteiger partial charge in [-0.3, -0.25) is 0 Å². The zero-order valence-corrected chi connectivity index (χ0v) is 14.8. The monoisotopic (exact) mass is 374 g/mol. The second-order valence-corrected chi connectivity index (χ2v) is 7.00. The van der Waals surface area contributed by atoms with E-state index in [1.807, 2.05) is 12.3 Å². The molecule has 3 rings (SSSR count). The van der Waals surface area contributed by atoms with Crippen LogP contribution in [0.25, 0.3) is 10.8 Å². The highest BCUT2D eigenvalue weighted by Crippen LogP contribution is 2.37. The van der Waals surface area contributed by atoms with E-state index in [9.17, 15) is 8.78 Å². The summed E-state index contributed by atoms with van der Waals surface area (Å²) in [4.78, 5) is 13.0. The first kappa shape index (κ1) is 17.3. The number of anilines is 1. The number of alkyl halides is 2. The van der Waals surface area contributed by atoms with E-state index >= 15 is 0 Å². The van der Waals surface area contributed by atoms with Crippen molar-refractivity contribution in [2.24, 2.45) is 0 Å². The Bertz CT molecular complexity index is 730.